The normalized spacial score (nSPS) is 12.0. The van der Waals surface area contributed by atoms with Gasteiger partial charge in [0, 0.05) is 19.3 Å². The van der Waals surface area contributed by atoms with E-state index >= 15 is 0 Å². The Morgan fingerprint density at radius 3 is 2.56 bits per heavy atom. The average Bonchev–Trinajstić information content (AvgIpc) is 2.67. The van der Waals surface area contributed by atoms with Gasteiger partial charge in [-0.05, 0) is 42.0 Å². The van der Waals surface area contributed by atoms with Gasteiger partial charge in [-0.15, -0.1) is 0 Å². The highest BCUT2D eigenvalue weighted by Gasteiger charge is 2.13. The van der Waals surface area contributed by atoms with E-state index in [0.717, 1.165) is 17.0 Å². The van der Waals surface area contributed by atoms with Crippen LogP contribution in [0.25, 0.3) is 0 Å². The fourth-order valence-electron chi connectivity index (χ4n) is 2.21. The first kappa shape index (κ1) is 20.7. The smallest absolute Gasteiger partial charge is 0.240 e. The van der Waals surface area contributed by atoms with Crippen molar-refractivity contribution in [3.8, 4) is 5.75 Å². The van der Waals surface area contributed by atoms with Gasteiger partial charge in [0.25, 0.3) is 0 Å². The molecule has 0 aliphatic heterocycles. The SMILES string of the molecule is COCCNS(=O)(=O)c1cccc(CN=C(N)Nc2ccc(OC)cc2)c1. The van der Waals surface area contributed by atoms with Gasteiger partial charge in [-0.2, -0.15) is 0 Å². The molecule has 0 fully saturated rings. The molecule has 27 heavy (non-hydrogen) atoms. The van der Waals surface area contributed by atoms with Crippen LogP contribution in [0.15, 0.2) is 58.4 Å². The Morgan fingerprint density at radius 2 is 1.89 bits per heavy atom. The molecule has 4 N–H and O–H groups in total. The van der Waals surface area contributed by atoms with Crippen molar-refractivity contribution in [3.05, 3.63) is 54.1 Å². The maximum Gasteiger partial charge on any atom is 0.240 e. The Bertz CT molecular complexity index is 867. The van der Waals surface area contributed by atoms with Gasteiger partial charge >= 0.3 is 0 Å². The van der Waals surface area contributed by atoms with Gasteiger partial charge in [0.15, 0.2) is 5.96 Å². The van der Waals surface area contributed by atoms with Crippen LogP contribution in [-0.4, -0.2) is 41.7 Å². The fourth-order valence-corrected chi connectivity index (χ4v) is 3.29. The summed E-state index contributed by atoms with van der Waals surface area (Å²) in [4.78, 5) is 4.42. The minimum absolute atomic E-state index is 0.174. The number of ether oxygens (including phenoxy) is 2. The zero-order chi connectivity index (χ0) is 19.7. The number of nitrogens with two attached hydrogens (primary N) is 1. The molecule has 0 unspecified atom stereocenters. The molecule has 0 aliphatic rings. The number of benzene rings is 2. The Kier molecular flexibility index (Phi) is 7.59. The highest BCUT2D eigenvalue weighted by Crippen LogP contribution is 2.15. The molecule has 2 rings (SSSR count). The average molecular weight is 392 g/mol. The van der Waals surface area contributed by atoms with Crippen LogP contribution in [0.5, 0.6) is 5.75 Å². The van der Waals surface area contributed by atoms with E-state index in [0.29, 0.717) is 6.61 Å². The van der Waals surface area contributed by atoms with Crippen molar-refractivity contribution >= 4 is 21.7 Å². The number of nitrogens with zero attached hydrogens (tertiary/aromatic N) is 1. The largest absolute Gasteiger partial charge is 0.497 e. The van der Waals surface area contributed by atoms with E-state index in [1.807, 2.05) is 12.1 Å². The number of sulfonamides is 1. The van der Waals surface area contributed by atoms with Crippen LogP contribution in [0.3, 0.4) is 0 Å². The van der Waals surface area contributed by atoms with Crippen molar-refractivity contribution in [2.45, 2.75) is 11.4 Å². The van der Waals surface area contributed by atoms with Gasteiger partial charge in [-0.1, -0.05) is 12.1 Å². The fraction of sp³-hybridized carbons (Fsp3) is 0.278. The second-order valence-corrected chi connectivity index (χ2v) is 7.36. The van der Waals surface area contributed by atoms with Gasteiger partial charge in [-0.25, -0.2) is 18.1 Å². The van der Waals surface area contributed by atoms with Crippen LogP contribution in [0.2, 0.25) is 0 Å². The second kappa shape index (κ2) is 9.91. The Labute approximate surface area is 159 Å². The molecule has 9 heteroatoms. The van der Waals surface area contributed by atoms with Crippen molar-refractivity contribution in [2.75, 3.05) is 32.7 Å². The number of hydrogen-bond donors (Lipinski definition) is 3. The molecular formula is C18H24N4O4S. The van der Waals surface area contributed by atoms with E-state index in [2.05, 4.69) is 15.0 Å². The van der Waals surface area contributed by atoms with Gasteiger partial charge in [-0.3, -0.25) is 0 Å². The monoisotopic (exact) mass is 392 g/mol. The number of aliphatic imine (C=N–C) groups is 1. The first-order valence-electron chi connectivity index (χ1n) is 8.23. The van der Waals surface area contributed by atoms with Crippen LogP contribution < -0.4 is 20.5 Å². The molecular weight excluding hydrogens is 368 g/mol. The maximum atomic E-state index is 12.2. The highest BCUT2D eigenvalue weighted by molar-refractivity contribution is 7.89. The lowest BCUT2D eigenvalue weighted by atomic mass is 10.2. The predicted octanol–water partition coefficient (Wildman–Crippen LogP) is 1.55. The number of methoxy groups -OCH3 is 2. The number of guanidine groups is 1. The number of anilines is 1. The number of hydrogen-bond acceptors (Lipinski definition) is 5. The van der Waals surface area contributed by atoms with E-state index < -0.39 is 10.0 Å². The van der Waals surface area contributed by atoms with Crippen LogP contribution >= 0.6 is 0 Å². The van der Waals surface area contributed by atoms with Crippen molar-refractivity contribution in [3.63, 3.8) is 0 Å². The summed E-state index contributed by atoms with van der Waals surface area (Å²) in [5.74, 6) is 0.972. The zero-order valence-electron chi connectivity index (χ0n) is 15.3. The van der Waals surface area contributed by atoms with Crippen molar-refractivity contribution in [1.82, 2.24) is 4.72 Å². The minimum atomic E-state index is -3.59. The summed E-state index contributed by atoms with van der Waals surface area (Å²) in [6, 6.07) is 13.8. The second-order valence-electron chi connectivity index (χ2n) is 5.59. The molecule has 0 aliphatic carbocycles. The van der Waals surface area contributed by atoms with Gasteiger partial charge in [0.05, 0.1) is 25.2 Å². The van der Waals surface area contributed by atoms with Gasteiger partial charge in [0.2, 0.25) is 10.0 Å². The van der Waals surface area contributed by atoms with Crippen molar-refractivity contribution < 1.29 is 17.9 Å². The Balaban J connectivity index is 2.01. The molecule has 0 heterocycles. The lowest BCUT2D eigenvalue weighted by Crippen LogP contribution is -2.27. The summed E-state index contributed by atoms with van der Waals surface area (Å²) in [7, 11) is -0.478. The number of nitrogens with one attached hydrogen (secondary N) is 2. The molecule has 2 aromatic rings. The van der Waals surface area contributed by atoms with Gasteiger partial charge in [0.1, 0.15) is 5.75 Å². The summed E-state index contributed by atoms with van der Waals surface area (Å²) in [5, 5.41) is 2.97. The summed E-state index contributed by atoms with van der Waals surface area (Å²) in [6.45, 7) is 0.757. The quantitative estimate of drug-likeness (QED) is 0.339. The summed E-state index contributed by atoms with van der Waals surface area (Å²) >= 11 is 0. The molecule has 0 atom stereocenters. The molecule has 0 radical (unpaired) electrons. The highest BCUT2D eigenvalue weighted by atomic mass is 32.2. The van der Waals surface area contributed by atoms with Crippen molar-refractivity contribution in [2.24, 2.45) is 10.7 Å². The molecule has 2 aromatic carbocycles. The molecule has 0 bridgehead atoms. The Hall–Kier alpha value is -2.62. The van der Waals surface area contributed by atoms with E-state index in [1.54, 1.807) is 37.4 Å². The predicted molar refractivity (Wildman–Crippen MR) is 105 cm³/mol. The molecule has 0 saturated carbocycles. The lowest BCUT2D eigenvalue weighted by molar-refractivity contribution is 0.204. The lowest BCUT2D eigenvalue weighted by Gasteiger charge is -2.08. The van der Waals surface area contributed by atoms with Crippen molar-refractivity contribution in [1.29, 1.82) is 0 Å². The third kappa shape index (κ3) is 6.55. The summed E-state index contributed by atoms with van der Waals surface area (Å²) < 4.78 is 36.9. The first-order chi connectivity index (χ1) is 12.9. The molecule has 8 nitrogen and oxygen atoms in total. The van der Waals surface area contributed by atoms with Crippen LogP contribution in [0.1, 0.15) is 5.56 Å². The molecule has 0 saturated heterocycles. The van der Waals surface area contributed by atoms with E-state index in [9.17, 15) is 8.42 Å². The van der Waals surface area contributed by atoms with Crippen LogP contribution in [0.4, 0.5) is 5.69 Å². The van der Waals surface area contributed by atoms with Crippen LogP contribution in [-0.2, 0) is 21.3 Å². The third-order valence-corrected chi connectivity index (χ3v) is 5.06. The standard InChI is InChI=1S/C18H24N4O4S/c1-25-11-10-21-27(23,24)17-5-3-4-14(12-17)13-20-18(19)22-15-6-8-16(26-2)9-7-15/h3-9,12,21H,10-11,13H2,1-2H3,(H3,19,20,22). The first-order valence-corrected chi connectivity index (χ1v) is 9.71. The summed E-state index contributed by atoms with van der Waals surface area (Å²) in [6.07, 6.45) is 0. The van der Waals surface area contributed by atoms with E-state index in [1.165, 1.54) is 13.2 Å². The van der Waals surface area contributed by atoms with Crippen LogP contribution in [0, 0.1) is 0 Å². The molecule has 146 valence electrons. The van der Waals surface area contributed by atoms with Gasteiger partial charge < -0.3 is 20.5 Å². The molecule has 0 aromatic heterocycles. The topological polar surface area (TPSA) is 115 Å². The zero-order valence-corrected chi connectivity index (χ0v) is 16.1. The molecule has 0 amide bonds. The third-order valence-electron chi connectivity index (χ3n) is 3.60. The summed E-state index contributed by atoms with van der Waals surface area (Å²) in [5.41, 5.74) is 7.39. The Morgan fingerprint density at radius 1 is 1.15 bits per heavy atom. The number of rotatable bonds is 9. The minimum Gasteiger partial charge on any atom is -0.497 e. The molecule has 0 spiro atoms. The van der Waals surface area contributed by atoms with E-state index in [4.69, 9.17) is 15.2 Å². The maximum absolute atomic E-state index is 12.2. The van der Waals surface area contributed by atoms with E-state index in [-0.39, 0.29) is 23.9 Å².